The first-order valence-corrected chi connectivity index (χ1v) is 10.9. The van der Waals surface area contributed by atoms with Crippen molar-refractivity contribution in [3.63, 3.8) is 0 Å². The molecule has 9 heteroatoms. The summed E-state index contributed by atoms with van der Waals surface area (Å²) in [7, 11) is 1.64. The maximum absolute atomic E-state index is 11.8. The summed E-state index contributed by atoms with van der Waals surface area (Å²) >= 11 is 0. The van der Waals surface area contributed by atoms with Crippen molar-refractivity contribution < 1.29 is 14.3 Å². The molecule has 0 radical (unpaired) electrons. The van der Waals surface area contributed by atoms with Crippen molar-refractivity contribution in [2.75, 3.05) is 32.1 Å². The number of hydrogen-bond donors (Lipinski definition) is 2. The third-order valence-electron chi connectivity index (χ3n) is 5.60. The second-order valence-corrected chi connectivity index (χ2v) is 7.78. The highest BCUT2D eigenvalue weighted by atomic mass is 16.5. The van der Waals surface area contributed by atoms with E-state index in [1.165, 1.54) is 12.4 Å². The van der Waals surface area contributed by atoms with E-state index in [4.69, 9.17) is 9.47 Å². The van der Waals surface area contributed by atoms with Gasteiger partial charge in [0.05, 0.1) is 7.11 Å². The molecule has 3 heterocycles. The average molecular weight is 449 g/mol. The molecule has 0 spiro atoms. The van der Waals surface area contributed by atoms with Crippen LogP contribution < -0.4 is 14.8 Å². The molecule has 1 aliphatic rings. The zero-order valence-electron chi connectivity index (χ0n) is 18.9. The number of nitrogens with zero attached hydrogens (tertiary/aromatic N) is 4. The normalized spacial score (nSPS) is 16.1. The monoisotopic (exact) mass is 448 g/mol. The van der Waals surface area contributed by atoms with Crippen LogP contribution in [-0.4, -0.2) is 63.6 Å². The highest BCUT2D eigenvalue weighted by molar-refractivity contribution is 5.87. The van der Waals surface area contributed by atoms with Gasteiger partial charge >= 0.3 is 0 Å². The lowest BCUT2D eigenvalue weighted by molar-refractivity contribution is -0.125. The van der Waals surface area contributed by atoms with Gasteiger partial charge in [-0.3, -0.25) is 4.79 Å². The smallest absolute Gasteiger partial charge is 0.246 e. The van der Waals surface area contributed by atoms with Crippen LogP contribution in [0.5, 0.6) is 11.5 Å². The van der Waals surface area contributed by atoms with Crippen LogP contribution in [0, 0.1) is 0 Å². The topological polar surface area (TPSA) is 105 Å². The number of rotatable bonds is 9. The largest absolute Gasteiger partial charge is 0.497 e. The number of hydrogen-bond acceptors (Lipinski definition) is 7. The van der Waals surface area contributed by atoms with E-state index in [0.29, 0.717) is 37.0 Å². The Morgan fingerprint density at radius 3 is 2.82 bits per heavy atom. The van der Waals surface area contributed by atoms with Gasteiger partial charge in [-0.1, -0.05) is 13.5 Å². The Balaban J connectivity index is 1.46. The molecule has 2 N–H and O–H groups in total. The Kier molecular flexibility index (Phi) is 6.87. The number of likely N-dealkylation sites (tertiary alicyclic amines) is 1. The maximum Gasteiger partial charge on any atom is 0.246 e. The zero-order chi connectivity index (χ0) is 23.2. The summed E-state index contributed by atoms with van der Waals surface area (Å²) in [4.78, 5) is 30.2. The van der Waals surface area contributed by atoms with E-state index in [1.54, 1.807) is 12.0 Å². The molecule has 1 atom stereocenters. The van der Waals surface area contributed by atoms with Crippen molar-refractivity contribution >= 4 is 29.0 Å². The first-order valence-electron chi connectivity index (χ1n) is 10.9. The van der Waals surface area contributed by atoms with Crippen LogP contribution in [0.15, 0.2) is 48.8 Å². The van der Waals surface area contributed by atoms with Gasteiger partial charge in [-0.25, -0.2) is 15.0 Å². The molecule has 1 unspecified atom stereocenters. The summed E-state index contributed by atoms with van der Waals surface area (Å²) in [5, 5.41) is 3.42. The third-order valence-corrected chi connectivity index (χ3v) is 5.60. The Morgan fingerprint density at radius 1 is 1.30 bits per heavy atom. The lowest BCUT2D eigenvalue weighted by Gasteiger charge is -2.15. The van der Waals surface area contributed by atoms with Gasteiger partial charge in [0.15, 0.2) is 11.5 Å². The number of carbonyl (C=O) groups excluding carboxylic acids is 1. The van der Waals surface area contributed by atoms with Crippen molar-refractivity contribution in [1.82, 2.24) is 24.8 Å². The number of fused-ring (bicyclic) bond motifs is 1. The molecule has 0 saturated carbocycles. The van der Waals surface area contributed by atoms with E-state index in [9.17, 15) is 4.79 Å². The molecule has 0 bridgehead atoms. The van der Waals surface area contributed by atoms with Gasteiger partial charge in [-0.05, 0) is 54.8 Å². The number of methoxy groups -OCH3 is 1. The predicted octanol–water partition coefficient (Wildman–Crippen LogP) is 3.43. The number of benzene rings is 1. The number of aromatic amines is 1. The van der Waals surface area contributed by atoms with Crippen molar-refractivity contribution in [3.8, 4) is 11.5 Å². The van der Waals surface area contributed by atoms with E-state index in [2.05, 4.69) is 38.8 Å². The number of H-pyrrole nitrogens is 1. The number of amides is 1. The van der Waals surface area contributed by atoms with E-state index < -0.39 is 0 Å². The van der Waals surface area contributed by atoms with Crippen molar-refractivity contribution in [1.29, 1.82) is 0 Å². The molecule has 0 aliphatic carbocycles. The highest BCUT2D eigenvalue weighted by Gasteiger charge is 2.25. The number of nitrogens with one attached hydrogen (secondary N) is 2. The number of aromatic nitrogens is 4. The lowest BCUT2D eigenvalue weighted by Crippen LogP contribution is -2.30. The first kappa shape index (κ1) is 22.3. The van der Waals surface area contributed by atoms with Gasteiger partial charge in [0.1, 0.15) is 35.8 Å². The number of ether oxygens (including phenoxy) is 2. The highest BCUT2D eigenvalue weighted by Crippen LogP contribution is 2.22. The summed E-state index contributed by atoms with van der Waals surface area (Å²) in [6.45, 7) is 7.40. The fourth-order valence-corrected chi connectivity index (χ4v) is 3.71. The summed E-state index contributed by atoms with van der Waals surface area (Å²) in [6, 6.07) is 7.61. The van der Waals surface area contributed by atoms with Crippen molar-refractivity contribution in [2.45, 2.75) is 25.8 Å². The first-order chi connectivity index (χ1) is 16.1. The molecule has 4 rings (SSSR count). The Morgan fingerprint density at radius 2 is 2.09 bits per heavy atom. The summed E-state index contributed by atoms with van der Waals surface area (Å²) in [6.07, 6.45) is 6.49. The van der Waals surface area contributed by atoms with Gasteiger partial charge < -0.3 is 24.7 Å². The molecule has 172 valence electrons. The zero-order valence-corrected chi connectivity index (χ0v) is 18.9. The third kappa shape index (κ3) is 5.31. The van der Waals surface area contributed by atoms with E-state index in [1.807, 2.05) is 30.3 Å². The molecule has 1 fully saturated rings. The molecule has 9 nitrogen and oxygen atoms in total. The van der Waals surface area contributed by atoms with Crippen molar-refractivity contribution in [3.05, 3.63) is 54.6 Å². The van der Waals surface area contributed by atoms with Gasteiger partial charge in [-0.2, -0.15) is 0 Å². The summed E-state index contributed by atoms with van der Waals surface area (Å²) < 4.78 is 11.1. The predicted molar refractivity (Wildman–Crippen MR) is 127 cm³/mol. The molecule has 2 aromatic heterocycles. The molecule has 1 aliphatic heterocycles. The molecular weight excluding hydrogens is 420 g/mol. The molecule has 3 aromatic rings. The minimum absolute atomic E-state index is 0.0509. The number of imidazole rings is 1. The van der Waals surface area contributed by atoms with Gasteiger partial charge in [-0.15, -0.1) is 0 Å². The van der Waals surface area contributed by atoms with Crippen LogP contribution in [0.2, 0.25) is 0 Å². The van der Waals surface area contributed by atoms with Crippen LogP contribution in [0.25, 0.3) is 17.2 Å². The Labute approximate surface area is 192 Å². The maximum atomic E-state index is 11.8. The Hall–Kier alpha value is -3.88. The second kappa shape index (κ2) is 10.2. The Bertz CT molecular complexity index is 1150. The van der Waals surface area contributed by atoms with Crippen LogP contribution in [0.3, 0.4) is 0 Å². The lowest BCUT2D eigenvalue weighted by atomic mass is 10.2. The van der Waals surface area contributed by atoms with Crippen LogP contribution in [0.4, 0.5) is 5.82 Å². The van der Waals surface area contributed by atoms with E-state index in [-0.39, 0.29) is 11.9 Å². The van der Waals surface area contributed by atoms with Crippen molar-refractivity contribution in [2.24, 2.45) is 0 Å². The molecule has 1 saturated heterocycles. The van der Waals surface area contributed by atoms with Crippen LogP contribution >= 0.6 is 0 Å². The molecule has 1 amide bonds. The summed E-state index contributed by atoms with van der Waals surface area (Å²) in [5.74, 6) is 2.89. The second-order valence-electron chi connectivity index (χ2n) is 7.78. The van der Waals surface area contributed by atoms with E-state index >= 15 is 0 Å². The van der Waals surface area contributed by atoms with Gasteiger partial charge in [0.2, 0.25) is 5.91 Å². The van der Waals surface area contributed by atoms with E-state index in [0.717, 1.165) is 35.4 Å². The number of anilines is 1. The van der Waals surface area contributed by atoms with Gasteiger partial charge in [0.25, 0.3) is 0 Å². The fourth-order valence-electron chi connectivity index (χ4n) is 3.71. The standard InChI is InChI=1S/C24H28N6O3/c1-4-16(14-33-19-8-6-18(32-3)7-9-19)12-20-28-22-23(25-15-26-24(22)29-20)27-17-10-11-30(13-17)21(31)5-2/h5-9,12,15,17H,2,4,10-11,13-14H2,1,3H3,(H2,25,26,27,28,29)/b16-12+. The SMILES string of the molecule is C=CC(=O)N1CCC(Nc2ncnc3nc(/C=C(\CC)COc4ccc(OC)cc4)[nH]c23)C1. The average Bonchev–Trinajstić information content (AvgIpc) is 3.49. The minimum Gasteiger partial charge on any atom is -0.497 e. The quantitative estimate of drug-likeness (QED) is 0.483. The summed E-state index contributed by atoms with van der Waals surface area (Å²) in [5.41, 5.74) is 2.41. The molecule has 33 heavy (non-hydrogen) atoms. The molecule has 1 aromatic carbocycles. The molecular formula is C24H28N6O3. The van der Waals surface area contributed by atoms with Gasteiger partial charge in [0, 0.05) is 19.1 Å². The minimum atomic E-state index is -0.0509. The van der Waals surface area contributed by atoms with Crippen LogP contribution in [-0.2, 0) is 4.79 Å². The van der Waals surface area contributed by atoms with Crippen LogP contribution in [0.1, 0.15) is 25.6 Å². The number of carbonyl (C=O) groups is 1. The fraction of sp³-hybridized carbons (Fsp3) is 0.333.